The summed E-state index contributed by atoms with van der Waals surface area (Å²) in [5.41, 5.74) is 2.79. The molecule has 0 radical (unpaired) electrons. The smallest absolute Gasteiger partial charge is 0.236 e. The van der Waals surface area contributed by atoms with Gasteiger partial charge in [-0.15, -0.1) is 0 Å². The first-order chi connectivity index (χ1) is 9.58. The van der Waals surface area contributed by atoms with E-state index in [4.69, 9.17) is 0 Å². The first kappa shape index (κ1) is 15.0. The lowest BCUT2D eigenvalue weighted by molar-refractivity contribution is -0.122. The number of carbonyl (C=O) groups is 1. The number of hydrogen-bond acceptors (Lipinski definition) is 2. The minimum atomic E-state index is -0.152. The minimum Gasteiger partial charge on any atom is -0.354 e. The number of nitrogens with one attached hydrogen (secondary N) is 2. The zero-order valence-corrected chi connectivity index (χ0v) is 12.8. The number of amides is 1. The van der Waals surface area contributed by atoms with Crippen LogP contribution < -0.4 is 10.6 Å². The van der Waals surface area contributed by atoms with Crippen molar-refractivity contribution < 1.29 is 4.79 Å². The maximum atomic E-state index is 11.9. The van der Waals surface area contributed by atoms with E-state index < -0.39 is 0 Å². The Kier molecular flexibility index (Phi) is 5.18. The summed E-state index contributed by atoms with van der Waals surface area (Å²) in [5, 5.41) is 6.30. The van der Waals surface area contributed by atoms with Crippen LogP contribution in [0.4, 0.5) is 0 Å². The summed E-state index contributed by atoms with van der Waals surface area (Å²) in [7, 11) is 0. The third-order valence-electron chi connectivity index (χ3n) is 3.75. The average molecular weight is 274 g/mol. The average Bonchev–Trinajstić information content (AvgIpc) is 3.26. The second-order valence-corrected chi connectivity index (χ2v) is 6.21. The molecule has 1 amide bonds. The van der Waals surface area contributed by atoms with Gasteiger partial charge >= 0.3 is 0 Å². The monoisotopic (exact) mass is 274 g/mol. The van der Waals surface area contributed by atoms with Gasteiger partial charge in [0.25, 0.3) is 0 Å². The van der Waals surface area contributed by atoms with Crippen LogP contribution in [-0.4, -0.2) is 18.5 Å². The van der Waals surface area contributed by atoms with Gasteiger partial charge in [0.2, 0.25) is 5.91 Å². The Bertz CT molecular complexity index is 452. The summed E-state index contributed by atoms with van der Waals surface area (Å²) in [6.07, 6.45) is 2.61. The molecule has 1 fully saturated rings. The van der Waals surface area contributed by atoms with Crippen molar-refractivity contribution in [3.63, 3.8) is 0 Å². The molecule has 0 aliphatic heterocycles. The Morgan fingerprint density at radius 2 is 1.95 bits per heavy atom. The molecule has 1 aromatic rings. The van der Waals surface area contributed by atoms with Gasteiger partial charge in [0.15, 0.2) is 0 Å². The fraction of sp³-hybridized carbons (Fsp3) is 0.588. The van der Waals surface area contributed by atoms with Crippen LogP contribution in [0, 0.1) is 5.92 Å². The molecule has 1 atom stereocenters. The van der Waals surface area contributed by atoms with Crippen molar-refractivity contribution in [2.45, 2.75) is 52.1 Å². The lowest BCUT2D eigenvalue weighted by atomic mass is 10.0. The maximum Gasteiger partial charge on any atom is 0.236 e. The van der Waals surface area contributed by atoms with Gasteiger partial charge in [-0.2, -0.15) is 0 Å². The standard InChI is InChI=1S/C17H26N2O/c1-12(2)10-19-17(20)13(3)18-11-15-6-4-5-7-16(15)14-8-9-14/h4-7,12-14,18H,8-11H2,1-3H3,(H,19,20). The molecule has 3 nitrogen and oxygen atoms in total. The highest BCUT2D eigenvalue weighted by molar-refractivity contribution is 5.81. The van der Waals surface area contributed by atoms with Gasteiger partial charge in [0, 0.05) is 13.1 Å². The first-order valence-electron chi connectivity index (χ1n) is 7.66. The topological polar surface area (TPSA) is 41.1 Å². The molecule has 2 rings (SSSR count). The lowest BCUT2D eigenvalue weighted by Gasteiger charge is -2.16. The molecule has 1 aromatic carbocycles. The molecular formula is C17H26N2O. The van der Waals surface area contributed by atoms with Crippen molar-refractivity contribution in [1.82, 2.24) is 10.6 Å². The molecule has 1 saturated carbocycles. The fourth-order valence-corrected chi connectivity index (χ4v) is 2.30. The molecule has 0 spiro atoms. The Labute approximate surface area is 122 Å². The van der Waals surface area contributed by atoms with E-state index in [1.807, 2.05) is 6.92 Å². The molecule has 20 heavy (non-hydrogen) atoms. The predicted molar refractivity (Wildman–Crippen MR) is 82.6 cm³/mol. The molecule has 1 aliphatic rings. The quantitative estimate of drug-likeness (QED) is 0.803. The molecule has 3 heteroatoms. The van der Waals surface area contributed by atoms with Crippen molar-refractivity contribution in [3.05, 3.63) is 35.4 Å². The largest absolute Gasteiger partial charge is 0.354 e. The molecule has 1 unspecified atom stereocenters. The van der Waals surface area contributed by atoms with Crippen molar-refractivity contribution >= 4 is 5.91 Å². The van der Waals surface area contributed by atoms with Crippen LogP contribution in [0.1, 0.15) is 50.7 Å². The van der Waals surface area contributed by atoms with Gasteiger partial charge < -0.3 is 10.6 Å². The van der Waals surface area contributed by atoms with Crippen LogP contribution in [0.25, 0.3) is 0 Å². The highest BCUT2D eigenvalue weighted by Crippen LogP contribution is 2.41. The van der Waals surface area contributed by atoms with Gasteiger partial charge in [-0.25, -0.2) is 0 Å². The van der Waals surface area contributed by atoms with E-state index in [1.54, 1.807) is 0 Å². The lowest BCUT2D eigenvalue weighted by Crippen LogP contribution is -2.43. The van der Waals surface area contributed by atoms with E-state index in [9.17, 15) is 4.79 Å². The van der Waals surface area contributed by atoms with Crippen LogP contribution in [0.2, 0.25) is 0 Å². The Morgan fingerprint density at radius 1 is 1.25 bits per heavy atom. The summed E-state index contributed by atoms with van der Waals surface area (Å²) in [5.74, 6) is 1.32. The molecule has 2 N–H and O–H groups in total. The minimum absolute atomic E-state index is 0.0857. The highest BCUT2D eigenvalue weighted by Gasteiger charge is 2.25. The van der Waals surface area contributed by atoms with Crippen LogP contribution in [0.15, 0.2) is 24.3 Å². The van der Waals surface area contributed by atoms with Crippen molar-refractivity contribution in [1.29, 1.82) is 0 Å². The number of carbonyl (C=O) groups excluding carboxylic acids is 1. The summed E-state index contributed by atoms with van der Waals surface area (Å²) in [6.45, 7) is 7.64. The number of rotatable bonds is 7. The third kappa shape index (κ3) is 4.34. The Balaban J connectivity index is 1.84. The van der Waals surface area contributed by atoms with E-state index >= 15 is 0 Å². The Hall–Kier alpha value is -1.35. The zero-order valence-electron chi connectivity index (χ0n) is 12.8. The Morgan fingerprint density at radius 3 is 2.60 bits per heavy atom. The van der Waals surface area contributed by atoms with Crippen molar-refractivity contribution in [3.8, 4) is 0 Å². The van der Waals surface area contributed by atoms with Gasteiger partial charge in [0.05, 0.1) is 6.04 Å². The SMILES string of the molecule is CC(C)CNC(=O)C(C)NCc1ccccc1C1CC1. The molecule has 1 aliphatic carbocycles. The second kappa shape index (κ2) is 6.89. The number of hydrogen-bond donors (Lipinski definition) is 2. The van der Waals surface area contributed by atoms with E-state index in [-0.39, 0.29) is 11.9 Å². The van der Waals surface area contributed by atoms with Crippen LogP contribution in [0.3, 0.4) is 0 Å². The van der Waals surface area contributed by atoms with Crippen LogP contribution in [-0.2, 0) is 11.3 Å². The van der Waals surface area contributed by atoms with E-state index in [2.05, 4.69) is 48.7 Å². The molecule has 0 aromatic heterocycles. The number of benzene rings is 1. The summed E-state index contributed by atoms with van der Waals surface area (Å²) in [4.78, 5) is 11.9. The third-order valence-corrected chi connectivity index (χ3v) is 3.75. The predicted octanol–water partition coefficient (Wildman–Crippen LogP) is 2.81. The fourth-order valence-electron chi connectivity index (χ4n) is 2.30. The summed E-state index contributed by atoms with van der Waals surface area (Å²) < 4.78 is 0. The summed E-state index contributed by atoms with van der Waals surface area (Å²) in [6, 6.07) is 8.42. The maximum absolute atomic E-state index is 11.9. The molecule has 0 bridgehead atoms. The van der Waals surface area contributed by atoms with E-state index in [0.717, 1.165) is 19.0 Å². The first-order valence-corrected chi connectivity index (χ1v) is 7.66. The van der Waals surface area contributed by atoms with Crippen LogP contribution >= 0.6 is 0 Å². The second-order valence-electron chi connectivity index (χ2n) is 6.21. The van der Waals surface area contributed by atoms with Gasteiger partial charge in [-0.05, 0) is 42.7 Å². The van der Waals surface area contributed by atoms with Crippen molar-refractivity contribution in [2.24, 2.45) is 5.92 Å². The van der Waals surface area contributed by atoms with E-state index in [0.29, 0.717) is 5.92 Å². The molecule has 0 heterocycles. The van der Waals surface area contributed by atoms with E-state index in [1.165, 1.54) is 24.0 Å². The van der Waals surface area contributed by atoms with Gasteiger partial charge in [-0.1, -0.05) is 38.1 Å². The molecule has 110 valence electrons. The normalized spacial score (nSPS) is 16.2. The zero-order chi connectivity index (χ0) is 14.5. The van der Waals surface area contributed by atoms with Crippen LogP contribution in [0.5, 0.6) is 0 Å². The molecular weight excluding hydrogens is 248 g/mol. The highest BCUT2D eigenvalue weighted by atomic mass is 16.2. The summed E-state index contributed by atoms with van der Waals surface area (Å²) >= 11 is 0. The van der Waals surface area contributed by atoms with Crippen molar-refractivity contribution in [2.75, 3.05) is 6.54 Å². The molecule has 0 saturated heterocycles. The van der Waals surface area contributed by atoms with Gasteiger partial charge in [-0.3, -0.25) is 4.79 Å². The van der Waals surface area contributed by atoms with Gasteiger partial charge in [0.1, 0.15) is 0 Å².